The first-order valence-electron chi connectivity index (χ1n) is 17.9. The number of sulfonamides is 1. The van der Waals surface area contributed by atoms with E-state index in [0.29, 0.717) is 5.56 Å². The normalized spacial score (nSPS) is 16.2. The number of alkyl halides is 3. The molecule has 4 N–H and O–H groups in total. The summed E-state index contributed by atoms with van der Waals surface area (Å²) in [6, 6.07) is 10.5. The summed E-state index contributed by atoms with van der Waals surface area (Å²) in [5.74, 6) is -4.67. The van der Waals surface area contributed by atoms with Gasteiger partial charge in [-0.05, 0) is 54.4 Å². The van der Waals surface area contributed by atoms with E-state index >= 15 is 0 Å². The average molecular weight is 808 g/mol. The molecule has 0 bridgehead atoms. The summed E-state index contributed by atoms with van der Waals surface area (Å²) in [6.07, 6.45) is -4.54. The maximum absolute atomic E-state index is 14.3. The number of rotatable bonds is 14. The predicted molar refractivity (Wildman–Crippen MR) is 202 cm³/mol. The zero-order chi connectivity index (χ0) is 42.8. The molecule has 0 saturated heterocycles. The fraction of sp³-hybridized carbons (Fsp3) is 0.513. The molecular formula is C39H52F3N5O8S. The Labute approximate surface area is 326 Å². The molecule has 1 fully saturated rings. The molecule has 5 amide bonds. The Hall–Kier alpha value is -4.93. The Balaban J connectivity index is 1.84. The highest BCUT2D eigenvalue weighted by Crippen LogP contribution is 2.46. The summed E-state index contributed by atoms with van der Waals surface area (Å²) in [5.41, 5.74) is -2.26. The smallest absolute Gasteiger partial charge is 0.465 e. The van der Waals surface area contributed by atoms with Crippen LogP contribution in [0.1, 0.15) is 79.4 Å². The van der Waals surface area contributed by atoms with E-state index in [1.165, 1.54) is 44.1 Å². The van der Waals surface area contributed by atoms with Gasteiger partial charge in [0.25, 0.3) is 15.9 Å². The van der Waals surface area contributed by atoms with E-state index in [1.807, 2.05) is 10.0 Å². The van der Waals surface area contributed by atoms with Gasteiger partial charge in [-0.2, -0.15) is 13.2 Å². The third-order valence-electron chi connectivity index (χ3n) is 10.1. The molecule has 0 radical (unpaired) electrons. The fourth-order valence-corrected chi connectivity index (χ4v) is 7.56. The topological polar surface area (TPSA) is 182 Å². The molecule has 0 aromatic heterocycles. The van der Waals surface area contributed by atoms with Crippen LogP contribution < -0.4 is 15.4 Å². The van der Waals surface area contributed by atoms with Gasteiger partial charge in [0.15, 0.2) is 0 Å². The number of carbonyl (C=O) groups is 5. The van der Waals surface area contributed by atoms with Gasteiger partial charge in [-0.15, -0.1) is 0 Å². The molecule has 0 unspecified atom stereocenters. The van der Waals surface area contributed by atoms with Crippen LogP contribution in [0, 0.1) is 11.3 Å². The Morgan fingerprint density at radius 1 is 0.875 bits per heavy atom. The van der Waals surface area contributed by atoms with Gasteiger partial charge in [-0.3, -0.25) is 24.1 Å². The Kier molecular flexibility index (Phi) is 13.5. The molecule has 0 aliphatic heterocycles. The Morgan fingerprint density at radius 3 is 1.86 bits per heavy atom. The first kappa shape index (κ1) is 45.5. The van der Waals surface area contributed by atoms with Crippen LogP contribution in [0.4, 0.5) is 18.0 Å². The molecule has 0 heterocycles. The third-order valence-corrected chi connectivity index (χ3v) is 11.4. The monoisotopic (exact) mass is 807 g/mol. The number of amides is 5. The van der Waals surface area contributed by atoms with Crippen LogP contribution in [0.15, 0.2) is 71.1 Å². The standard InChI is InChI=1S/C39H52F3N5O8S/c1-23(2)28(22-24(3)31(48)45-56(54,55)27-18-16-26(17-19-27)38(20-21-38)44-34(51)39(40,41)42)46(9)33(50)29(36(4,5)6)43-32(49)30(47(10)35(52)53)37(7,8)25-14-12-11-13-15-25/h11-19,22-23,28-30H,20-21H2,1-10H3,(H,43,49)(H,44,51)(H,45,48)(H,52,53)/t28-,29-,30-/m1/s1. The summed E-state index contributed by atoms with van der Waals surface area (Å²) in [6.45, 7) is 13.6. The highest BCUT2D eigenvalue weighted by molar-refractivity contribution is 7.90. The van der Waals surface area contributed by atoms with Crippen molar-refractivity contribution in [1.82, 2.24) is 25.2 Å². The molecule has 308 valence electrons. The highest BCUT2D eigenvalue weighted by Gasteiger charge is 2.51. The van der Waals surface area contributed by atoms with E-state index in [0.717, 1.165) is 17.0 Å². The van der Waals surface area contributed by atoms with Gasteiger partial charge < -0.3 is 20.6 Å². The molecule has 13 nitrogen and oxygen atoms in total. The first-order valence-corrected chi connectivity index (χ1v) is 19.4. The molecule has 1 aliphatic rings. The first-order chi connectivity index (χ1) is 25.6. The van der Waals surface area contributed by atoms with Gasteiger partial charge in [0.05, 0.1) is 16.5 Å². The van der Waals surface area contributed by atoms with Crippen LogP contribution in [0.3, 0.4) is 0 Å². The number of benzene rings is 2. The van der Waals surface area contributed by atoms with Crippen LogP contribution in [-0.2, 0) is 40.2 Å². The number of hydrogen-bond acceptors (Lipinski definition) is 7. The van der Waals surface area contributed by atoms with E-state index in [1.54, 1.807) is 78.8 Å². The number of carbonyl (C=O) groups excluding carboxylic acids is 4. The van der Waals surface area contributed by atoms with Gasteiger partial charge >= 0.3 is 18.2 Å². The predicted octanol–water partition coefficient (Wildman–Crippen LogP) is 5.08. The van der Waals surface area contributed by atoms with Crippen molar-refractivity contribution in [2.45, 2.75) is 108 Å². The highest BCUT2D eigenvalue weighted by atomic mass is 32.2. The lowest BCUT2D eigenvalue weighted by Gasteiger charge is -2.41. The van der Waals surface area contributed by atoms with Gasteiger partial charge in [0.1, 0.15) is 12.1 Å². The molecule has 2 aromatic rings. The van der Waals surface area contributed by atoms with Crippen LogP contribution in [0.2, 0.25) is 0 Å². The SMILES string of the molecule is CC(=C[C@H](C(C)C)N(C)C(=O)[C@@H](NC(=O)[C@@H](N(C)C(=O)O)C(C)(C)c1ccccc1)C(C)(C)C)C(=O)NS(=O)(=O)c1ccc(C2(NC(=O)C(F)(F)F)CC2)cc1. The number of nitrogens with zero attached hydrogens (tertiary/aromatic N) is 2. The van der Waals surface area contributed by atoms with Crippen LogP contribution in [0.5, 0.6) is 0 Å². The van der Waals surface area contributed by atoms with Crippen LogP contribution in [-0.4, -0.2) is 91.4 Å². The second-order valence-electron chi connectivity index (χ2n) is 16.2. The maximum Gasteiger partial charge on any atom is 0.471 e. The van der Waals surface area contributed by atoms with E-state index in [4.69, 9.17) is 0 Å². The van der Waals surface area contributed by atoms with E-state index < -0.39 is 80.4 Å². The largest absolute Gasteiger partial charge is 0.471 e. The molecule has 3 atom stereocenters. The third kappa shape index (κ3) is 10.5. The van der Waals surface area contributed by atoms with E-state index in [9.17, 15) is 50.7 Å². The Morgan fingerprint density at radius 2 is 1.41 bits per heavy atom. The van der Waals surface area contributed by atoms with Crippen molar-refractivity contribution >= 4 is 39.7 Å². The minimum atomic E-state index is -5.08. The Bertz CT molecular complexity index is 1940. The molecule has 17 heteroatoms. The second kappa shape index (κ2) is 16.7. The van der Waals surface area contributed by atoms with Gasteiger partial charge in [0, 0.05) is 25.1 Å². The molecule has 1 aliphatic carbocycles. The lowest BCUT2D eigenvalue weighted by molar-refractivity contribution is -0.174. The molecule has 56 heavy (non-hydrogen) atoms. The van der Waals surface area contributed by atoms with Crippen molar-refractivity contribution in [2.24, 2.45) is 11.3 Å². The maximum atomic E-state index is 14.3. The van der Waals surface area contributed by atoms with Crippen molar-refractivity contribution in [3.05, 3.63) is 77.4 Å². The minimum Gasteiger partial charge on any atom is -0.465 e. The summed E-state index contributed by atoms with van der Waals surface area (Å²) in [7, 11) is -1.70. The number of nitrogens with one attached hydrogen (secondary N) is 3. The molecule has 3 rings (SSSR count). The number of likely N-dealkylation sites (N-methyl/N-ethyl adjacent to an activating group) is 2. The quantitative estimate of drug-likeness (QED) is 0.191. The second-order valence-corrected chi connectivity index (χ2v) is 17.9. The van der Waals surface area contributed by atoms with Crippen molar-refractivity contribution in [3.8, 4) is 0 Å². The minimum absolute atomic E-state index is 0.0561. The van der Waals surface area contributed by atoms with Crippen molar-refractivity contribution in [3.63, 3.8) is 0 Å². The summed E-state index contributed by atoms with van der Waals surface area (Å²) in [4.78, 5) is 67.2. The number of halogens is 3. The zero-order valence-electron chi connectivity index (χ0n) is 33.2. The van der Waals surface area contributed by atoms with Crippen molar-refractivity contribution in [2.75, 3.05) is 14.1 Å². The van der Waals surface area contributed by atoms with Gasteiger partial charge in [-0.25, -0.2) is 17.9 Å². The van der Waals surface area contributed by atoms with E-state index in [-0.39, 0.29) is 34.8 Å². The zero-order valence-corrected chi connectivity index (χ0v) is 34.1. The number of carboxylic acid groups (broad SMARTS) is 1. The fourth-order valence-electron chi connectivity index (χ4n) is 6.54. The average Bonchev–Trinajstić information content (AvgIpc) is 3.88. The molecular weight excluding hydrogens is 756 g/mol. The number of hydrogen-bond donors (Lipinski definition) is 4. The summed E-state index contributed by atoms with van der Waals surface area (Å²) in [5, 5.41) is 14.7. The molecule has 0 spiro atoms. The van der Waals surface area contributed by atoms with Crippen molar-refractivity contribution < 1.29 is 50.7 Å². The van der Waals surface area contributed by atoms with Gasteiger partial charge in [-0.1, -0.05) is 97.0 Å². The van der Waals surface area contributed by atoms with E-state index in [2.05, 4.69) is 5.32 Å². The van der Waals surface area contributed by atoms with Crippen LogP contribution >= 0.6 is 0 Å². The summed E-state index contributed by atoms with van der Waals surface area (Å²) >= 11 is 0. The van der Waals surface area contributed by atoms with Crippen molar-refractivity contribution in [1.29, 1.82) is 0 Å². The molecule has 1 saturated carbocycles. The van der Waals surface area contributed by atoms with Crippen LogP contribution in [0.25, 0.3) is 0 Å². The van der Waals surface area contributed by atoms with Gasteiger partial charge in [0.2, 0.25) is 11.8 Å². The lowest BCUT2D eigenvalue weighted by atomic mass is 9.76. The lowest BCUT2D eigenvalue weighted by Crippen LogP contribution is -2.62. The summed E-state index contributed by atoms with van der Waals surface area (Å²) < 4.78 is 66.8. The molecule has 2 aromatic carbocycles.